The maximum Gasteiger partial charge on any atom is 0.341 e. The van der Waals surface area contributed by atoms with Crippen LogP contribution < -0.4 is 10.3 Å². The Hall–Kier alpha value is -3.04. The van der Waals surface area contributed by atoms with E-state index in [0.29, 0.717) is 12.8 Å². The number of carbonyl (C=O) groups excluding carboxylic acids is 1. The standard InChI is InChI=1S/C21H22F3N3O4/c1-9-6-25(7-10(2)27(9)11(3)28)19-16(23)15(22)14-18(17(19)24)26(12-4-5-12)8-13(20(14)29)21(30)31/h8-10,12H,4-7H2,1-3H3,(H,30,31). The molecule has 2 unspecified atom stereocenters. The van der Waals surface area contributed by atoms with Gasteiger partial charge in [0.25, 0.3) is 0 Å². The number of carboxylic acids is 1. The first-order chi connectivity index (χ1) is 14.5. The molecule has 1 aliphatic heterocycles. The van der Waals surface area contributed by atoms with E-state index in [9.17, 15) is 19.5 Å². The first-order valence-corrected chi connectivity index (χ1v) is 10.1. The number of rotatable bonds is 3. The smallest absolute Gasteiger partial charge is 0.341 e. The lowest BCUT2D eigenvalue weighted by Gasteiger charge is -2.45. The Bertz CT molecular complexity index is 1160. The Labute approximate surface area is 175 Å². The maximum absolute atomic E-state index is 15.7. The van der Waals surface area contributed by atoms with E-state index < -0.39 is 51.0 Å². The van der Waals surface area contributed by atoms with Crippen molar-refractivity contribution in [2.45, 2.75) is 51.7 Å². The summed E-state index contributed by atoms with van der Waals surface area (Å²) in [7, 11) is 0. The Kier molecular flexibility index (Phi) is 4.98. The van der Waals surface area contributed by atoms with Gasteiger partial charge in [0.15, 0.2) is 17.5 Å². The quantitative estimate of drug-likeness (QED) is 0.747. The number of carbonyl (C=O) groups is 2. The third kappa shape index (κ3) is 3.24. The van der Waals surface area contributed by atoms with Gasteiger partial charge in [0.2, 0.25) is 11.3 Å². The van der Waals surface area contributed by atoms with Crippen molar-refractivity contribution in [1.29, 1.82) is 0 Å². The van der Waals surface area contributed by atoms with Crippen LogP contribution in [-0.2, 0) is 4.79 Å². The van der Waals surface area contributed by atoms with Gasteiger partial charge in [-0.2, -0.15) is 0 Å². The molecule has 2 aliphatic rings. The van der Waals surface area contributed by atoms with Gasteiger partial charge in [-0.25, -0.2) is 18.0 Å². The van der Waals surface area contributed by atoms with Gasteiger partial charge in [-0.05, 0) is 26.7 Å². The number of aromatic nitrogens is 1. The Morgan fingerprint density at radius 2 is 1.61 bits per heavy atom. The number of hydrogen-bond acceptors (Lipinski definition) is 4. The van der Waals surface area contributed by atoms with Crippen molar-refractivity contribution < 1.29 is 27.9 Å². The molecule has 1 aliphatic carbocycles. The number of nitrogens with zero attached hydrogens (tertiary/aromatic N) is 3. The van der Waals surface area contributed by atoms with E-state index >= 15 is 13.2 Å². The number of benzene rings is 1. The highest BCUT2D eigenvalue weighted by atomic mass is 19.2. The summed E-state index contributed by atoms with van der Waals surface area (Å²) in [6.45, 7) is 5.02. The largest absolute Gasteiger partial charge is 0.477 e. The van der Waals surface area contributed by atoms with Crippen LogP contribution in [0.3, 0.4) is 0 Å². The number of hydrogen-bond donors (Lipinski definition) is 1. The van der Waals surface area contributed by atoms with E-state index in [0.717, 1.165) is 6.20 Å². The molecule has 2 aromatic rings. The molecule has 31 heavy (non-hydrogen) atoms. The van der Waals surface area contributed by atoms with Crippen LogP contribution in [0.25, 0.3) is 10.9 Å². The van der Waals surface area contributed by atoms with Crippen molar-refractivity contribution in [2.75, 3.05) is 18.0 Å². The second kappa shape index (κ2) is 7.28. The topological polar surface area (TPSA) is 82.8 Å². The number of aromatic carboxylic acids is 1. The van der Waals surface area contributed by atoms with Crippen molar-refractivity contribution >= 4 is 28.5 Å². The second-order valence-corrected chi connectivity index (χ2v) is 8.36. The molecule has 1 aromatic carbocycles. The van der Waals surface area contributed by atoms with Gasteiger partial charge in [0.1, 0.15) is 11.3 Å². The molecule has 166 valence electrons. The normalized spacial score (nSPS) is 21.6. The highest BCUT2D eigenvalue weighted by Crippen LogP contribution is 2.41. The van der Waals surface area contributed by atoms with Gasteiger partial charge < -0.3 is 19.5 Å². The zero-order valence-corrected chi connectivity index (χ0v) is 17.3. The monoisotopic (exact) mass is 437 g/mol. The predicted octanol–water partition coefficient (Wildman–Crippen LogP) is 2.90. The first kappa shape index (κ1) is 21.2. The van der Waals surface area contributed by atoms with E-state index in [1.807, 2.05) is 0 Å². The SMILES string of the molecule is CC(=O)N1C(C)CN(c2c(F)c(F)c3c(=O)c(C(=O)O)cn(C4CC4)c3c2F)CC1C. The van der Waals surface area contributed by atoms with E-state index in [1.54, 1.807) is 18.7 Å². The highest BCUT2D eigenvalue weighted by molar-refractivity contribution is 5.94. The molecule has 0 spiro atoms. The molecule has 1 aromatic heterocycles. The van der Waals surface area contributed by atoms with Gasteiger partial charge in [0, 0.05) is 44.3 Å². The molecule has 2 heterocycles. The van der Waals surface area contributed by atoms with Crippen LogP contribution in [0.1, 0.15) is 50.0 Å². The number of halogens is 3. The van der Waals surface area contributed by atoms with Gasteiger partial charge in [-0.15, -0.1) is 0 Å². The predicted molar refractivity (Wildman–Crippen MR) is 107 cm³/mol. The molecule has 4 rings (SSSR count). The molecular weight excluding hydrogens is 415 g/mol. The Balaban J connectivity index is 1.96. The fourth-order valence-electron chi connectivity index (χ4n) is 4.68. The van der Waals surface area contributed by atoms with Gasteiger partial charge in [-0.1, -0.05) is 0 Å². The minimum atomic E-state index is -1.59. The zero-order chi connectivity index (χ0) is 22.8. The third-order valence-corrected chi connectivity index (χ3v) is 6.04. The maximum atomic E-state index is 15.7. The number of pyridine rings is 1. The number of amides is 1. The summed E-state index contributed by atoms with van der Waals surface area (Å²) in [5.74, 6) is -5.97. The molecule has 1 saturated carbocycles. The average Bonchev–Trinajstić information content (AvgIpc) is 3.50. The summed E-state index contributed by atoms with van der Waals surface area (Å²) >= 11 is 0. The van der Waals surface area contributed by atoms with E-state index in [-0.39, 0.29) is 37.1 Å². The molecule has 7 nitrogen and oxygen atoms in total. The van der Waals surface area contributed by atoms with Crippen molar-refractivity contribution in [3.8, 4) is 0 Å². The average molecular weight is 437 g/mol. The summed E-state index contributed by atoms with van der Waals surface area (Å²) in [5, 5.41) is 8.41. The number of carboxylic acid groups (broad SMARTS) is 1. The molecular formula is C21H22F3N3O4. The van der Waals surface area contributed by atoms with Crippen molar-refractivity contribution in [2.24, 2.45) is 0 Å². The van der Waals surface area contributed by atoms with Gasteiger partial charge >= 0.3 is 5.97 Å². The Morgan fingerprint density at radius 3 is 2.10 bits per heavy atom. The van der Waals surface area contributed by atoms with E-state index in [4.69, 9.17) is 0 Å². The minimum Gasteiger partial charge on any atom is -0.477 e. The molecule has 2 fully saturated rings. The van der Waals surface area contributed by atoms with E-state index in [2.05, 4.69) is 0 Å². The summed E-state index contributed by atoms with van der Waals surface area (Å²) in [6, 6.07) is -1.04. The van der Waals surface area contributed by atoms with Gasteiger partial charge in [-0.3, -0.25) is 9.59 Å². The number of anilines is 1. The lowest BCUT2D eigenvalue weighted by atomic mass is 10.0. The fourth-order valence-corrected chi connectivity index (χ4v) is 4.68. The lowest BCUT2D eigenvalue weighted by Crippen LogP contribution is -2.58. The van der Waals surface area contributed by atoms with Gasteiger partial charge in [0.05, 0.1) is 10.9 Å². The highest BCUT2D eigenvalue weighted by Gasteiger charge is 2.37. The molecule has 1 amide bonds. The molecule has 1 saturated heterocycles. The molecule has 0 radical (unpaired) electrons. The summed E-state index contributed by atoms with van der Waals surface area (Å²) < 4.78 is 47.2. The van der Waals surface area contributed by atoms with E-state index in [1.165, 1.54) is 16.4 Å². The zero-order valence-electron chi connectivity index (χ0n) is 17.3. The minimum absolute atomic E-state index is 0.0730. The molecule has 10 heteroatoms. The number of fused-ring (bicyclic) bond motifs is 1. The number of piperazine rings is 1. The summed E-state index contributed by atoms with van der Waals surface area (Å²) in [5.41, 5.74) is -3.03. The van der Waals surface area contributed by atoms with Crippen LogP contribution in [0, 0.1) is 17.5 Å². The van der Waals surface area contributed by atoms with Crippen LogP contribution in [-0.4, -0.2) is 51.6 Å². The Morgan fingerprint density at radius 1 is 1.03 bits per heavy atom. The van der Waals surface area contributed by atoms with Crippen molar-refractivity contribution in [3.05, 3.63) is 39.4 Å². The van der Waals surface area contributed by atoms with Crippen LogP contribution in [0.15, 0.2) is 11.0 Å². The van der Waals surface area contributed by atoms with Crippen LogP contribution in [0.5, 0.6) is 0 Å². The second-order valence-electron chi connectivity index (χ2n) is 8.36. The van der Waals surface area contributed by atoms with Crippen LogP contribution >= 0.6 is 0 Å². The van der Waals surface area contributed by atoms with Crippen molar-refractivity contribution in [3.63, 3.8) is 0 Å². The van der Waals surface area contributed by atoms with Crippen LogP contribution in [0.2, 0.25) is 0 Å². The summed E-state index contributed by atoms with van der Waals surface area (Å²) in [4.78, 5) is 38.9. The van der Waals surface area contributed by atoms with Crippen molar-refractivity contribution in [1.82, 2.24) is 9.47 Å². The lowest BCUT2D eigenvalue weighted by molar-refractivity contribution is -0.133. The fraction of sp³-hybridized carbons (Fsp3) is 0.476. The third-order valence-electron chi connectivity index (χ3n) is 6.04. The summed E-state index contributed by atoms with van der Waals surface area (Å²) in [6.07, 6.45) is 2.22. The molecule has 0 bridgehead atoms. The molecule has 1 N–H and O–H groups in total. The first-order valence-electron chi connectivity index (χ1n) is 10.1. The van der Waals surface area contributed by atoms with Crippen LogP contribution in [0.4, 0.5) is 18.9 Å². The molecule has 2 atom stereocenters.